The molecule has 0 aromatic heterocycles. The summed E-state index contributed by atoms with van der Waals surface area (Å²) in [7, 11) is 1.71. The predicted molar refractivity (Wildman–Crippen MR) is 87.2 cm³/mol. The minimum absolute atomic E-state index is 0.0495. The topological polar surface area (TPSA) is 44.8 Å². The number of ether oxygens (including phenoxy) is 3. The van der Waals surface area contributed by atoms with E-state index in [4.69, 9.17) is 14.2 Å². The zero-order chi connectivity index (χ0) is 16.2. The summed E-state index contributed by atoms with van der Waals surface area (Å²) in [6.45, 7) is 2.15. The molecular formula is C19H24O4. The highest BCUT2D eigenvalue weighted by atomic mass is 16.5. The van der Waals surface area contributed by atoms with Crippen molar-refractivity contribution in [2.75, 3.05) is 7.11 Å². The third-order valence-corrected chi connectivity index (χ3v) is 4.70. The molecule has 4 nitrogen and oxygen atoms in total. The van der Waals surface area contributed by atoms with Crippen molar-refractivity contribution >= 4 is 5.78 Å². The van der Waals surface area contributed by atoms with Gasteiger partial charge in [0, 0.05) is 13.5 Å². The molecule has 0 radical (unpaired) electrons. The Bertz CT molecular complexity index is 576. The molecule has 2 aliphatic rings. The smallest absolute Gasteiger partial charge is 0.207 e. The molecule has 0 bridgehead atoms. The molecule has 0 spiro atoms. The quantitative estimate of drug-likeness (QED) is 0.832. The zero-order valence-corrected chi connectivity index (χ0v) is 13.8. The van der Waals surface area contributed by atoms with Crippen LogP contribution in [0.5, 0.6) is 5.75 Å². The van der Waals surface area contributed by atoms with Crippen LogP contribution in [0.4, 0.5) is 0 Å². The van der Waals surface area contributed by atoms with E-state index in [-0.39, 0.29) is 23.9 Å². The van der Waals surface area contributed by atoms with Crippen LogP contribution in [0.15, 0.2) is 36.3 Å². The Labute approximate surface area is 137 Å². The number of rotatable bonds is 5. The van der Waals surface area contributed by atoms with Crippen molar-refractivity contribution in [3.63, 3.8) is 0 Å². The van der Waals surface area contributed by atoms with Gasteiger partial charge in [0.2, 0.25) is 11.5 Å². The highest BCUT2D eigenvalue weighted by molar-refractivity contribution is 5.96. The molecule has 0 N–H and O–H groups in total. The second-order valence-electron chi connectivity index (χ2n) is 6.29. The second kappa shape index (κ2) is 7.18. The van der Waals surface area contributed by atoms with Crippen LogP contribution in [-0.2, 0) is 20.7 Å². The van der Waals surface area contributed by atoms with Gasteiger partial charge in [-0.15, -0.1) is 0 Å². The van der Waals surface area contributed by atoms with E-state index in [2.05, 4.69) is 6.92 Å². The van der Waals surface area contributed by atoms with Gasteiger partial charge in [-0.05, 0) is 37.0 Å². The Morgan fingerprint density at radius 2 is 2.00 bits per heavy atom. The molecule has 1 fully saturated rings. The van der Waals surface area contributed by atoms with E-state index < -0.39 is 0 Å². The normalized spacial score (nSPS) is 27.0. The van der Waals surface area contributed by atoms with Gasteiger partial charge >= 0.3 is 0 Å². The Kier molecular flexibility index (Phi) is 5.01. The molecule has 3 rings (SSSR count). The van der Waals surface area contributed by atoms with Gasteiger partial charge in [-0.3, -0.25) is 4.79 Å². The Balaban J connectivity index is 1.66. The SMILES string of the molecule is CCCc1ccc(OC2=COC3CC(OC)CCC3C2=O)cc1. The number of methoxy groups -OCH3 is 1. The maximum absolute atomic E-state index is 12.6. The summed E-state index contributed by atoms with van der Waals surface area (Å²) < 4.78 is 16.9. The van der Waals surface area contributed by atoms with Crippen molar-refractivity contribution in [3.8, 4) is 5.75 Å². The first kappa shape index (κ1) is 16.1. The molecule has 0 saturated heterocycles. The first-order valence-corrected chi connectivity index (χ1v) is 8.40. The van der Waals surface area contributed by atoms with E-state index in [0.29, 0.717) is 11.5 Å². The number of carbonyl (C=O) groups excluding carboxylic acids is 1. The van der Waals surface area contributed by atoms with Crippen LogP contribution in [0.25, 0.3) is 0 Å². The van der Waals surface area contributed by atoms with Crippen molar-refractivity contribution in [2.45, 2.75) is 51.2 Å². The number of fused-ring (bicyclic) bond motifs is 1. The van der Waals surface area contributed by atoms with E-state index in [1.54, 1.807) is 7.11 Å². The maximum Gasteiger partial charge on any atom is 0.207 e. The molecule has 4 heteroatoms. The second-order valence-corrected chi connectivity index (χ2v) is 6.29. The van der Waals surface area contributed by atoms with Gasteiger partial charge in [0.1, 0.15) is 18.1 Å². The molecule has 1 aromatic rings. The molecule has 1 aliphatic carbocycles. The lowest BCUT2D eigenvalue weighted by atomic mass is 9.80. The lowest BCUT2D eigenvalue weighted by Gasteiger charge is -2.36. The van der Waals surface area contributed by atoms with Crippen LogP contribution >= 0.6 is 0 Å². The van der Waals surface area contributed by atoms with Gasteiger partial charge in [-0.2, -0.15) is 0 Å². The molecule has 1 aromatic carbocycles. The molecule has 1 heterocycles. The molecular weight excluding hydrogens is 292 g/mol. The Hall–Kier alpha value is -1.81. The van der Waals surface area contributed by atoms with Crippen molar-refractivity contribution in [3.05, 3.63) is 41.9 Å². The van der Waals surface area contributed by atoms with Crippen LogP contribution in [0, 0.1) is 5.92 Å². The van der Waals surface area contributed by atoms with Gasteiger partial charge < -0.3 is 14.2 Å². The van der Waals surface area contributed by atoms with Gasteiger partial charge in [0.05, 0.1) is 12.0 Å². The van der Waals surface area contributed by atoms with Crippen molar-refractivity contribution in [2.24, 2.45) is 5.92 Å². The highest BCUT2D eigenvalue weighted by Crippen LogP contribution is 2.34. The standard InChI is InChI=1S/C19H24O4/c1-3-4-13-5-7-14(8-6-13)23-18-12-22-17-11-15(21-2)9-10-16(17)19(18)20/h5-8,12,15-17H,3-4,9-11H2,1-2H3. The minimum atomic E-state index is -0.110. The summed E-state index contributed by atoms with van der Waals surface area (Å²) in [6.07, 6.45) is 6.19. The molecule has 124 valence electrons. The fourth-order valence-corrected chi connectivity index (χ4v) is 3.36. The van der Waals surface area contributed by atoms with Crippen molar-refractivity contribution in [1.29, 1.82) is 0 Å². The molecule has 0 amide bonds. The highest BCUT2D eigenvalue weighted by Gasteiger charge is 2.41. The van der Waals surface area contributed by atoms with Crippen LogP contribution in [0.1, 0.15) is 38.2 Å². The summed E-state index contributed by atoms with van der Waals surface area (Å²) in [5, 5.41) is 0. The predicted octanol–water partition coefficient (Wildman–Crippen LogP) is 3.64. The van der Waals surface area contributed by atoms with Gasteiger partial charge in [-0.1, -0.05) is 25.5 Å². The van der Waals surface area contributed by atoms with Crippen LogP contribution in [0.3, 0.4) is 0 Å². The number of hydrogen-bond donors (Lipinski definition) is 0. The van der Waals surface area contributed by atoms with Crippen LogP contribution < -0.4 is 4.74 Å². The third-order valence-electron chi connectivity index (χ3n) is 4.70. The minimum Gasteiger partial charge on any atom is -0.493 e. The lowest BCUT2D eigenvalue weighted by Crippen LogP contribution is -2.42. The number of carbonyl (C=O) groups is 1. The van der Waals surface area contributed by atoms with E-state index in [9.17, 15) is 4.79 Å². The number of aryl methyl sites for hydroxylation is 1. The van der Waals surface area contributed by atoms with Gasteiger partial charge in [0.25, 0.3) is 0 Å². The number of benzene rings is 1. The summed E-state index contributed by atoms with van der Waals surface area (Å²) in [6, 6.07) is 7.90. The Morgan fingerprint density at radius 3 is 2.70 bits per heavy atom. The van der Waals surface area contributed by atoms with Crippen molar-refractivity contribution < 1.29 is 19.0 Å². The van der Waals surface area contributed by atoms with Crippen LogP contribution in [0.2, 0.25) is 0 Å². The fraction of sp³-hybridized carbons (Fsp3) is 0.526. The molecule has 23 heavy (non-hydrogen) atoms. The van der Waals surface area contributed by atoms with E-state index in [1.807, 2.05) is 24.3 Å². The third kappa shape index (κ3) is 3.58. The number of Topliss-reactive ketones (excluding diaryl/α,β-unsaturated/α-hetero) is 1. The van der Waals surface area contributed by atoms with Gasteiger partial charge in [0.15, 0.2) is 0 Å². The summed E-state index contributed by atoms with van der Waals surface area (Å²) >= 11 is 0. The zero-order valence-electron chi connectivity index (χ0n) is 13.8. The molecule has 1 aliphatic heterocycles. The fourth-order valence-electron chi connectivity index (χ4n) is 3.36. The van der Waals surface area contributed by atoms with E-state index >= 15 is 0 Å². The molecule has 3 unspecified atom stereocenters. The average molecular weight is 316 g/mol. The number of ketones is 1. The first-order valence-electron chi connectivity index (χ1n) is 8.40. The Morgan fingerprint density at radius 1 is 1.22 bits per heavy atom. The maximum atomic E-state index is 12.6. The number of hydrogen-bond acceptors (Lipinski definition) is 4. The average Bonchev–Trinajstić information content (AvgIpc) is 2.59. The monoisotopic (exact) mass is 316 g/mol. The summed E-state index contributed by atoms with van der Waals surface area (Å²) in [5.74, 6) is 0.927. The largest absolute Gasteiger partial charge is 0.493 e. The van der Waals surface area contributed by atoms with Crippen LogP contribution in [-0.4, -0.2) is 25.1 Å². The molecule has 1 saturated carbocycles. The van der Waals surface area contributed by atoms with E-state index in [0.717, 1.165) is 32.1 Å². The van der Waals surface area contributed by atoms with Crippen molar-refractivity contribution in [1.82, 2.24) is 0 Å². The summed E-state index contributed by atoms with van der Waals surface area (Å²) in [4.78, 5) is 12.6. The first-order chi connectivity index (χ1) is 11.2. The summed E-state index contributed by atoms with van der Waals surface area (Å²) in [5.41, 5.74) is 1.28. The lowest BCUT2D eigenvalue weighted by molar-refractivity contribution is -0.133. The van der Waals surface area contributed by atoms with E-state index in [1.165, 1.54) is 11.8 Å². The molecule has 3 atom stereocenters. The number of allylic oxidation sites excluding steroid dienone is 1. The van der Waals surface area contributed by atoms with Gasteiger partial charge in [-0.25, -0.2) is 0 Å².